The Balaban J connectivity index is 2.59. The summed E-state index contributed by atoms with van der Waals surface area (Å²) >= 11 is 5.67. The van der Waals surface area contributed by atoms with Gasteiger partial charge in [-0.25, -0.2) is 4.39 Å². The number of Topliss-reactive ketones (excluding diaryl/α,β-unsaturated/α-hetero) is 1. The van der Waals surface area contributed by atoms with Gasteiger partial charge in [-0.05, 0) is 17.5 Å². The molecule has 1 unspecified atom stereocenters. The molecule has 0 saturated carbocycles. The molecular formula is C14H18ClFO. The van der Waals surface area contributed by atoms with Crippen LogP contribution < -0.4 is 0 Å². The zero-order valence-electron chi connectivity index (χ0n) is 10.3. The minimum atomic E-state index is -0.467. The Kier molecular flexibility index (Phi) is 5.63. The van der Waals surface area contributed by atoms with Gasteiger partial charge >= 0.3 is 0 Å². The maximum atomic E-state index is 13.6. The van der Waals surface area contributed by atoms with Crippen LogP contribution in [0.5, 0.6) is 0 Å². The lowest BCUT2D eigenvalue weighted by atomic mass is 9.96. The first kappa shape index (κ1) is 14.2. The molecule has 0 aliphatic heterocycles. The zero-order valence-corrected chi connectivity index (χ0v) is 11.1. The van der Waals surface area contributed by atoms with E-state index in [0.29, 0.717) is 17.9 Å². The fourth-order valence-corrected chi connectivity index (χ4v) is 2.15. The highest BCUT2D eigenvalue weighted by molar-refractivity contribution is 6.30. The summed E-state index contributed by atoms with van der Waals surface area (Å²) in [5.74, 6) is -0.0208. The molecule has 0 radical (unpaired) electrons. The smallest absolute Gasteiger partial charge is 0.145 e. The van der Waals surface area contributed by atoms with Gasteiger partial charge < -0.3 is 0 Å². The summed E-state index contributed by atoms with van der Waals surface area (Å²) in [6, 6.07) is 4.78. The quantitative estimate of drug-likeness (QED) is 0.737. The molecule has 17 heavy (non-hydrogen) atoms. The first-order valence-electron chi connectivity index (χ1n) is 5.99. The molecule has 0 N–H and O–H groups in total. The van der Waals surface area contributed by atoms with E-state index in [2.05, 4.69) is 13.8 Å². The third-order valence-electron chi connectivity index (χ3n) is 2.78. The van der Waals surface area contributed by atoms with Crippen molar-refractivity contribution < 1.29 is 9.18 Å². The predicted octanol–water partition coefficient (Wildman–Crippen LogP) is 4.42. The molecule has 1 atom stereocenters. The molecule has 1 rings (SSSR count). The first-order chi connectivity index (χ1) is 8.04. The minimum Gasteiger partial charge on any atom is -0.299 e. The number of carbonyl (C=O) groups is 1. The van der Waals surface area contributed by atoms with E-state index in [1.807, 2.05) is 0 Å². The molecule has 0 aliphatic carbocycles. The summed E-state index contributed by atoms with van der Waals surface area (Å²) in [4.78, 5) is 11.8. The molecule has 0 amide bonds. The summed E-state index contributed by atoms with van der Waals surface area (Å²) in [7, 11) is 0. The standard InChI is InChI=1S/C14H18ClFO/c1-3-5-10(2)8-12(17)9-11-6-4-7-13(15)14(11)16/h4,6-7,10H,3,5,8-9H2,1-2H3. The van der Waals surface area contributed by atoms with Crippen molar-refractivity contribution in [3.63, 3.8) is 0 Å². The van der Waals surface area contributed by atoms with Gasteiger partial charge in [0.1, 0.15) is 11.6 Å². The number of ketones is 1. The van der Waals surface area contributed by atoms with Crippen LogP contribution in [-0.4, -0.2) is 5.78 Å². The van der Waals surface area contributed by atoms with E-state index in [1.165, 1.54) is 6.07 Å². The Morgan fingerprint density at radius 1 is 1.47 bits per heavy atom. The van der Waals surface area contributed by atoms with Crippen LogP contribution in [0.2, 0.25) is 5.02 Å². The lowest BCUT2D eigenvalue weighted by Crippen LogP contribution is -2.09. The second-order valence-corrected chi connectivity index (χ2v) is 4.93. The highest BCUT2D eigenvalue weighted by atomic mass is 35.5. The van der Waals surface area contributed by atoms with E-state index in [4.69, 9.17) is 11.6 Å². The lowest BCUT2D eigenvalue weighted by molar-refractivity contribution is -0.119. The monoisotopic (exact) mass is 256 g/mol. The summed E-state index contributed by atoms with van der Waals surface area (Å²) in [6.07, 6.45) is 2.75. The van der Waals surface area contributed by atoms with E-state index in [1.54, 1.807) is 12.1 Å². The first-order valence-corrected chi connectivity index (χ1v) is 6.37. The molecule has 1 nitrogen and oxygen atoms in total. The van der Waals surface area contributed by atoms with Crippen LogP contribution in [0.3, 0.4) is 0 Å². The Morgan fingerprint density at radius 3 is 2.82 bits per heavy atom. The second-order valence-electron chi connectivity index (χ2n) is 4.53. The molecule has 0 aromatic heterocycles. The van der Waals surface area contributed by atoms with Gasteiger partial charge in [0, 0.05) is 12.8 Å². The van der Waals surface area contributed by atoms with Crippen molar-refractivity contribution in [2.24, 2.45) is 5.92 Å². The fraction of sp³-hybridized carbons (Fsp3) is 0.500. The average Bonchev–Trinajstić information content (AvgIpc) is 2.25. The molecule has 94 valence electrons. The maximum absolute atomic E-state index is 13.6. The molecule has 0 bridgehead atoms. The van der Waals surface area contributed by atoms with Gasteiger partial charge in [0.15, 0.2) is 0 Å². The van der Waals surface area contributed by atoms with Crippen LogP contribution in [0.25, 0.3) is 0 Å². The number of hydrogen-bond donors (Lipinski definition) is 0. The van der Waals surface area contributed by atoms with Gasteiger partial charge in [0.25, 0.3) is 0 Å². The Labute approximate surface area is 107 Å². The molecule has 3 heteroatoms. The van der Waals surface area contributed by atoms with Crippen LogP contribution in [0.1, 0.15) is 38.7 Å². The molecular weight excluding hydrogens is 239 g/mol. The van der Waals surface area contributed by atoms with Crippen LogP contribution in [-0.2, 0) is 11.2 Å². The van der Waals surface area contributed by atoms with E-state index in [9.17, 15) is 9.18 Å². The van der Waals surface area contributed by atoms with E-state index in [-0.39, 0.29) is 17.2 Å². The largest absolute Gasteiger partial charge is 0.299 e. The number of hydrogen-bond acceptors (Lipinski definition) is 1. The van der Waals surface area contributed by atoms with Gasteiger partial charge in [0.05, 0.1) is 5.02 Å². The molecule has 1 aromatic rings. The molecule has 0 heterocycles. The topological polar surface area (TPSA) is 17.1 Å². The molecule has 0 fully saturated rings. The summed E-state index contributed by atoms with van der Waals surface area (Å²) in [5, 5.41) is 0.0805. The third kappa shape index (κ3) is 4.47. The minimum absolute atomic E-state index is 0.0760. The Morgan fingerprint density at radius 2 is 2.18 bits per heavy atom. The van der Waals surface area contributed by atoms with E-state index in [0.717, 1.165) is 12.8 Å². The highest BCUT2D eigenvalue weighted by Crippen LogP contribution is 2.19. The predicted molar refractivity (Wildman–Crippen MR) is 68.8 cm³/mol. The van der Waals surface area contributed by atoms with Crippen LogP contribution in [0.15, 0.2) is 18.2 Å². The Bertz CT molecular complexity index is 390. The number of carbonyl (C=O) groups excluding carboxylic acids is 1. The second kappa shape index (κ2) is 6.75. The van der Waals surface area contributed by atoms with Crippen LogP contribution in [0.4, 0.5) is 4.39 Å². The van der Waals surface area contributed by atoms with Crippen molar-refractivity contribution in [3.05, 3.63) is 34.6 Å². The maximum Gasteiger partial charge on any atom is 0.145 e. The van der Waals surface area contributed by atoms with Crippen LogP contribution >= 0.6 is 11.6 Å². The van der Waals surface area contributed by atoms with Gasteiger partial charge in [0.2, 0.25) is 0 Å². The fourth-order valence-electron chi connectivity index (χ4n) is 1.95. The number of benzene rings is 1. The zero-order chi connectivity index (χ0) is 12.8. The number of halogens is 2. The van der Waals surface area contributed by atoms with Gasteiger partial charge in [-0.1, -0.05) is 50.4 Å². The molecule has 0 spiro atoms. The Hall–Kier alpha value is -0.890. The van der Waals surface area contributed by atoms with Crippen LogP contribution in [0, 0.1) is 11.7 Å². The lowest BCUT2D eigenvalue weighted by Gasteiger charge is -2.09. The van der Waals surface area contributed by atoms with Gasteiger partial charge in [-0.15, -0.1) is 0 Å². The summed E-state index contributed by atoms with van der Waals surface area (Å²) in [5.41, 5.74) is 0.395. The van der Waals surface area contributed by atoms with Crippen molar-refractivity contribution in [1.29, 1.82) is 0 Å². The van der Waals surface area contributed by atoms with E-state index < -0.39 is 5.82 Å². The highest BCUT2D eigenvalue weighted by Gasteiger charge is 2.13. The SMILES string of the molecule is CCCC(C)CC(=O)Cc1cccc(Cl)c1F. The number of rotatable bonds is 6. The van der Waals surface area contributed by atoms with Gasteiger partial charge in [-0.2, -0.15) is 0 Å². The van der Waals surface area contributed by atoms with Crippen molar-refractivity contribution in [2.45, 2.75) is 39.5 Å². The van der Waals surface area contributed by atoms with E-state index >= 15 is 0 Å². The van der Waals surface area contributed by atoms with Crippen molar-refractivity contribution in [1.82, 2.24) is 0 Å². The van der Waals surface area contributed by atoms with Crippen molar-refractivity contribution in [3.8, 4) is 0 Å². The summed E-state index contributed by atoms with van der Waals surface area (Å²) < 4.78 is 13.6. The van der Waals surface area contributed by atoms with Crippen molar-refractivity contribution in [2.75, 3.05) is 0 Å². The molecule has 0 saturated heterocycles. The third-order valence-corrected chi connectivity index (χ3v) is 3.07. The average molecular weight is 257 g/mol. The molecule has 0 aliphatic rings. The normalized spacial score (nSPS) is 12.5. The van der Waals surface area contributed by atoms with Gasteiger partial charge in [-0.3, -0.25) is 4.79 Å². The summed E-state index contributed by atoms with van der Waals surface area (Å²) in [6.45, 7) is 4.15. The van der Waals surface area contributed by atoms with Crippen molar-refractivity contribution >= 4 is 17.4 Å². The molecule has 1 aromatic carbocycles.